The van der Waals surface area contributed by atoms with Gasteiger partial charge in [0, 0.05) is 25.1 Å². The number of fused-ring (bicyclic) bond motifs is 1. The molecule has 1 aromatic carbocycles. The molecule has 23 heavy (non-hydrogen) atoms. The lowest BCUT2D eigenvalue weighted by Gasteiger charge is -2.37. The molecule has 1 fully saturated rings. The largest absolute Gasteiger partial charge is 0.440 e. The number of halogens is 2. The van der Waals surface area contributed by atoms with Crippen molar-refractivity contribution in [3.63, 3.8) is 0 Å². The molecule has 2 heterocycles. The van der Waals surface area contributed by atoms with Crippen LogP contribution in [-0.2, 0) is 25.6 Å². The number of esters is 1. The third-order valence-electron chi connectivity index (χ3n) is 3.95. The highest BCUT2D eigenvalue weighted by Gasteiger charge is 2.34. The number of carbonyl (C=O) groups is 2. The average molecular weight is 323 g/mol. The van der Waals surface area contributed by atoms with Gasteiger partial charge in [-0.2, -0.15) is 0 Å². The van der Waals surface area contributed by atoms with Gasteiger partial charge >= 0.3 is 11.9 Å². The number of nitrogens with zero attached hydrogens (tertiary/aromatic N) is 1. The zero-order valence-electron chi connectivity index (χ0n) is 12.2. The van der Waals surface area contributed by atoms with Gasteiger partial charge in [-0.3, -0.25) is 0 Å². The van der Waals surface area contributed by atoms with Crippen LogP contribution in [0.2, 0.25) is 0 Å². The standard InChI is InChI=1S/C16H15F2NO4/c17-12-1-2-13(18)11(9-12)7-10-5-6-19-14(8-10)22-15(20)3-4-16(21)23-19/h1-4,9-10,14H,5-8H2/b4-3+. The van der Waals surface area contributed by atoms with E-state index in [4.69, 9.17) is 9.57 Å². The van der Waals surface area contributed by atoms with Gasteiger partial charge in [0.15, 0.2) is 6.23 Å². The van der Waals surface area contributed by atoms with E-state index in [0.717, 1.165) is 24.3 Å². The van der Waals surface area contributed by atoms with Crippen molar-refractivity contribution >= 4 is 11.9 Å². The fourth-order valence-electron chi connectivity index (χ4n) is 2.84. The Morgan fingerprint density at radius 2 is 1.96 bits per heavy atom. The van der Waals surface area contributed by atoms with E-state index in [1.807, 2.05) is 0 Å². The third kappa shape index (κ3) is 3.73. The summed E-state index contributed by atoms with van der Waals surface area (Å²) >= 11 is 0. The highest BCUT2D eigenvalue weighted by atomic mass is 19.1. The molecule has 0 aliphatic carbocycles. The Hall–Kier alpha value is -2.28. The van der Waals surface area contributed by atoms with Crippen molar-refractivity contribution in [3.8, 4) is 0 Å². The predicted octanol–water partition coefficient (Wildman–Crippen LogP) is 2.12. The van der Waals surface area contributed by atoms with Crippen molar-refractivity contribution in [1.29, 1.82) is 0 Å². The van der Waals surface area contributed by atoms with Crippen LogP contribution in [0, 0.1) is 17.6 Å². The van der Waals surface area contributed by atoms with Crippen molar-refractivity contribution in [2.45, 2.75) is 25.5 Å². The van der Waals surface area contributed by atoms with E-state index in [9.17, 15) is 18.4 Å². The number of ether oxygens (including phenoxy) is 1. The number of hydroxylamine groups is 2. The number of benzene rings is 1. The smallest absolute Gasteiger partial charge is 0.350 e. The Labute approximate surface area is 131 Å². The van der Waals surface area contributed by atoms with Crippen LogP contribution in [0.25, 0.3) is 0 Å². The molecule has 122 valence electrons. The van der Waals surface area contributed by atoms with Gasteiger partial charge in [0.05, 0.1) is 0 Å². The van der Waals surface area contributed by atoms with Gasteiger partial charge in [-0.1, -0.05) is 5.06 Å². The van der Waals surface area contributed by atoms with Crippen molar-refractivity contribution in [2.75, 3.05) is 6.54 Å². The molecule has 1 aromatic rings. The van der Waals surface area contributed by atoms with Crippen LogP contribution < -0.4 is 0 Å². The first-order valence-corrected chi connectivity index (χ1v) is 7.32. The second-order valence-electron chi connectivity index (χ2n) is 5.61. The molecule has 2 unspecified atom stereocenters. The van der Waals surface area contributed by atoms with E-state index in [1.165, 1.54) is 11.1 Å². The summed E-state index contributed by atoms with van der Waals surface area (Å²) in [5.74, 6) is -2.23. The minimum atomic E-state index is -0.716. The molecule has 5 nitrogen and oxygen atoms in total. The normalized spacial score (nSPS) is 26.5. The topological polar surface area (TPSA) is 55.8 Å². The van der Waals surface area contributed by atoms with E-state index in [0.29, 0.717) is 25.8 Å². The van der Waals surface area contributed by atoms with Crippen LogP contribution in [0.5, 0.6) is 0 Å². The molecule has 0 spiro atoms. The average Bonchev–Trinajstić information content (AvgIpc) is 2.50. The molecule has 2 aliphatic heterocycles. The lowest BCUT2D eigenvalue weighted by molar-refractivity contribution is -0.251. The molecule has 0 saturated carbocycles. The predicted molar refractivity (Wildman–Crippen MR) is 74.6 cm³/mol. The molecule has 2 aliphatic rings. The molecule has 2 atom stereocenters. The highest BCUT2D eigenvalue weighted by Crippen LogP contribution is 2.29. The van der Waals surface area contributed by atoms with Crippen molar-refractivity contribution in [1.82, 2.24) is 5.06 Å². The second kappa shape index (κ2) is 6.45. The summed E-state index contributed by atoms with van der Waals surface area (Å²) in [6.45, 7) is 0.360. The Bertz CT molecular complexity index is 661. The van der Waals surface area contributed by atoms with Crippen LogP contribution >= 0.6 is 0 Å². The molecule has 7 heteroatoms. The number of carbonyl (C=O) groups excluding carboxylic acids is 2. The quantitative estimate of drug-likeness (QED) is 0.780. The summed E-state index contributed by atoms with van der Waals surface area (Å²) in [5.41, 5.74) is 0.289. The molecule has 0 radical (unpaired) electrons. The number of rotatable bonds is 2. The van der Waals surface area contributed by atoms with Crippen molar-refractivity contribution < 1.29 is 27.9 Å². The summed E-state index contributed by atoms with van der Waals surface area (Å²) in [5, 5.41) is 1.32. The molecule has 3 rings (SSSR count). The maximum Gasteiger partial charge on any atom is 0.350 e. The molecule has 0 amide bonds. The van der Waals surface area contributed by atoms with Crippen molar-refractivity contribution in [2.24, 2.45) is 5.92 Å². The zero-order chi connectivity index (χ0) is 16.4. The lowest BCUT2D eigenvalue weighted by Crippen LogP contribution is -2.46. The monoisotopic (exact) mass is 323 g/mol. The molecule has 1 saturated heterocycles. The molecular weight excluding hydrogens is 308 g/mol. The number of hydrogen-bond acceptors (Lipinski definition) is 5. The van der Waals surface area contributed by atoms with Gasteiger partial charge in [0.2, 0.25) is 0 Å². The van der Waals surface area contributed by atoms with Gasteiger partial charge in [-0.05, 0) is 42.5 Å². The summed E-state index contributed by atoms with van der Waals surface area (Å²) in [6.07, 6.45) is 2.62. The van der Waals surface area contributed by atoms with E-state index in [2.05, 4.69) is 0 Å². The summed E-state index contributed by atoms with van der Waals surface area (Å²) < 4.78 is 32.2. The molecule has 0 aromatic heterocycles. The minimum Gasteiger partial charge on any atom is -0.440 e. The van der Waals surface area contributed by atoms with Gasteiger partial charge in [0.25, 0.3) is 0 Å². The SMILES string of the molecule is O=C1/C=C/C(=O)ON2CCC(Cc3cc(F)ccc3F)CC2O1. The van der Waals surface area contributed by atoms with E-state index in [1.54, 1.807) is 0 Å². The fourth-order valence-corrected chi connectivity index (χ4v) is 2.84. The van der Waals surface area contributed by atoms with Gasteiger partial charge in [-0.15, -0.1) is 0 Å². The first-order chi connectivity index (χ1) is 11.0. The lowest BCUT2D eigenvalue weighted by atomic mass is 9.89. The Balaban J connectivity index is 1.71. The summed E-state index contributed by atoms with van der Waals surface area (Å²) in [4.78, 5) is 28.1. The van der Waals surface area contributed by atoms with Gasteiger partial charge in [-0.25, -0.2) is 18.4 Å². The van der Waals surface area contributed by atoms with Crippen LogP contribution in [-0.4, -0.2) is 29.8 Å². The van der Waals surface area contributed by atoms with E-state index >= 15 is 0 Å². The first-order valence-electron chi connectivity index (χ1n) is 7.32. The fraction of sp³-hybridized carbons (Fsp3) is 0.375. The van der Waals surface area contributed by atoms with Gasteiger partial charge in [0.1, 0.15) is 11.6 Å². The maximum atomic E-state index is 13.7. The Morgan fingerprint density at radius 3 is 2.78 bits per heavy atom. The highest BCUT2D eigenvalue weighted by molar-refractivity contribution is 5.92. The molecule has 0 bridgehead atoms. The van der Waals surface area contributed by atoms with Crippen LogP contribution in [0.15, 0.2) is 30.4 Å². The number of hydrogen-bond donors (Lipinski definition) is 0. The Morgan fingerprint density at radius 1 is 1.17 bits per heavy atom. The minimum absolute atomic E-state index is 0.0116. The van der Waals surface area contributed by atoms with E-state index < -0.39 is 29.8 Å². The molecular formula is C16H15F2NO4. The van der Waals surface area contributed by atoms with Crippen molar-refractivity contribution in [3.05, 3.63) is 47.5 Å². The Kier molecular flexibility index (Phi) is 4.38. The van der Waals surface area contributed by atoms with E-state index in [-0.39, 0.29) is 11.5 Å². The summed E-state index contributed by atoms with van der Waals surface area (Å²) in [7, 11) is 0. The number of piperidine rings is 1. The third-order valence-corrected chi connectivity index (χ3v) is 3.95. The first kappa shape index (κ1) is 15.6. The maximum absolute atomic E-state index is 13.7. The zero-order valence-corrected chi connectivity index (χ0v) is 12.2. The summed E-state index contributed by atoms with van der Waals surface area (Å²) in [6, 6.07) is 3.35. The van der Waals surface area contributed by atoms with Crippen LogP contribution in [0.1, 0.15) is 18.4 Å². The van der Waals surface area contributed by atoms with Gasteiger partial charge < -0.3 is 9.57 Å². The molecule has 0 N–H and O–H groups in total. The second-order valence-corrected chi connectivity index (χ2v) is 5.61. The van der Waals surface area contributed by atoms with Crippen LogP contribution in [0.4, 0.5) is 8.78 Å². The van der Waals surface area contributed by atoms with Crippen LogP contribution in [0.3, 0.4) is 0 Å².